The maximum atomic E-state index is 12.4. The van der Waals surface area contributed by atoms with E-state index < -0.39 is 12.7 Å². The minimum atomic E-state index is -4.42. The first-order valence-electron chi connectivity index (χ1n) is 4.94. The third-order valence-corrected chi connectivity index (χ3v) is 2.52. The van der Waals surface area contributed by atoms with Gasteiger partial charge >= 0.3 is 12.2 Å². The lowest BCUT2D eigenvalue weighted by Gasteiger charge is -2.09. The summed E-state index contributed by atoms with van der Waals surface area (Å²) in [6.45, 7) is -1.29. The number of hydrogen-bond acceptors (Lipinski definition) is 3. The number of halogens is 5. The summed E-state index contributed by atoms with van der Waals surface area (Å²) in [5.41, 5.74) is 0. The largest absolute Gasteiger partial charge is 0.424 e. The molecule has 0 saturated heterocycles. The molecule has 0 fully saturated rings. The Morgan fingerprint density at radius 1 is 1.37 bits per heavy atom. The van der Waals surface area contributed by atoms with Crippen LogP contribution in [-0.2, 0) is 6.54 Å². The molecule has 9 heteroatoms. The SMILES string of the molecule is FC(F)(F)Cn1nc(Br)nc1Oc1cccc(Cl)c1. The maximum Gasteiger partial charge on any atom is 0.408 e. The summed E-state index contributed by atoms with van der Waals surface area (Å²) < 4.78 is 42.9. The number of ether oxygens (including phenoxy) is 1. The van der Waals surface area contributed by atoms with E-state index in [1.807, 2.05) is 0 Å². The number of benzene rings is 1. The quantitative estimate of drug-likeness (QED) is 0.833. The van der Waals surface area contributed by atoms with Gasteiger partial charge in [-0.25, -0.2) is 4.68 Å². The fourth-order valence-electron chi connectivity index (χ4n) is 1.29. The number of hydrogen-bond donors (Lipinski definition) is 0. The second kappa shape index (κ2) is 5.38. The van der Waals surface area contributed by atoms with Gasteiger partial charge in [0.2, 0.25) is 4.73 Å². The second-order valence-electron chi connectivity index (χ2n) is 3.50. The van der Waals surface area contributed by atoms with Crippen molar-refractivity contribution < 1.29 is 17.9 Å². The molecule has 1 aromatic heterocycles. The molecule has 0 bridgehead atoms. The first kappa shape index (κ1) is 14.1. The molecule has 0 atom stereocenters. The fourth-order valence-corrected chi connectivity index (χ4v) is 1.81. The van der Waals surface area contributed by atoms with Gasteiger partial charge in [-0.15, -0.1) is 5.10 Å². The Kier molecular flexibility index (Phi) is 4.00. The van der Waals surface area contributed by atoms with Crippen molar-refractivity contribution in [2.75, 3.05) is 0 Å². The van der Waals surface area contributed by atoms with E-state index >= 15 is 0 Å². The van der Waals surface area contributed by atoms with Gasteiger partial charge in [0.1, 0.15) is 12.3 Å². The van der Waals surface area contributed by atoms with Gasteiger partial charge in [0.25, 0.3) is 0 Å². The Morgan fingerprint density at radius 3 is 2.74 bits per heavy atom. The van der Waals surface area contributed by atoms with E-state index in [9.17, 15) is 13.2 Å². The molecular formula is C10H6BrClF3N3O. The Labute approximate surface area is 119 Å². The van der Waals surface area contributed by atoms with E-state index in [2.05, 4.69) is 26.0 Å². The van der Waals surface area contributed by atoms with E-state index in [1.54, 1.807) is 18.2 Å². The average molecular weight is 357 g/mol. The first-order chi connectivity index (χ1) is 8.83. The molecule has 0 saturated carbocycles. The van der Waals surface area contributed by atoms with E-state index in [4.69, 9.17) is 16.3 Å². The minimum Gasteiger partial charge on any atom is -0.424 e. The molecule has 4 nitrogen and oxygen atoms in total. The van der Waals surface area contributed by atoms with Crippen LogP contribution in [0.15, 0.2) is 29.0 Å². The molecule has 0 N–H and O–H groups in total. The zero-order valence-corrected chi connectivity index (χ0v) is 11.5. The zero-order chi connectivity index (χ0) is 14.0. The highest BCUT2D eigenvalue weighted by Gasteiger charge is 2.31. The van der Waals surface area contributed by atoms with Crippen molar-refractivity contribution in [1.29, 1.82) is 0 Å². The summed E-state index contributed by atoms with van der Waals surface area (Å²) in [6.07, 6.45) is -4.42. The van der Waals surface area contributed by atoms with Crippen LogP contribution in [0.1, 0.15) is 0 Å². The monoisotopic (exact) mass is 355 g/mol. The number of alkyl halides is 3. The third kappa shape index (κ3) is 4.10. The molecule has 19 heavy (non-hydrogen) atoms. The molecule has 0 spiro atoms. The molecule has 0 aliphatic carbocycles. The van der Waals surface area contributed by atoms with Crippen LogP contribution < -0.4 is 4.74 Å². The van der Waals surface area contributed by atoms with Crippen LogP contribution in [0.5, 0.6) is 11.8 Å². The van der Waals surface area contributed by atoms with Crippen molar-refractivity contribution in [3.8, 4) is 11.8 Å². The van der Waals surface area contributed by atoms with Crippen molar-refractivity contribution in [3.63, 3.8) is 0 Å². The highest BCUT2D eigenvalue weighted by atomic mass is 79.9. The van der Waals surface area contributed by atoms with Crippen LogP contribution in [0, 0.1) is 0 Å². The van der Waals surface area contributed by atoms with Crippen molar-refractivity contribution in [3.05, 3.63) is 34.0 Å². The summed E-state index contributed by atoms with van der Waals surface area (Å²) in [5, 5.41) is 3.96. The van der Waals surface area contributed by atoms with Gasteiger partial charge in [-0.2, -0.15) is 18.2 Å². The van der Waals surface area contributed by atoms with Crippen molar-refractivity contribution in [2.24, 2.45) is 0 Å². The third-order valence-electron chi connectivity index (χ3n) is 1.95. The molecule has 0 unspecified atom stereocenters. The normalized spacial score (nSPS) is 11.6. The van der Waals surface area contributed by atoms with Gasteiger partial charge in [-0.3, -0.25) is 0 Å². The molecule has 0 amide bonds. The molecule has 0 aliphatic rings. The van der Waals surface area contributed by atoms with E-state index in [0.717, 1.165) is 0 Å². The van der Waals surface area contributed by atoms with E-state index in [-0.39, 0.29) is 16.5 Å². The molecular weight excluding hydrogens is 350 g/mol. The predicted octanol–water partition coefficient (Wildman–Crippen LogP) is 4.05. The van der Waals surface area contributed by atoms with E-state index in [1.165, 1.54) is 6.07 Å². The molecule has 1 heterocycles. The van der Waals surface area contributed by atoms with Crippen LogP contribution in [0.3, 0.4) is 0 Å². The lowest BCUT2D eigenvalue weighted by molar-refractivity contribution is -0.143. The highest BCUT2D eigenvalue weighted by molar-refractivity contribution is 9.10. The summed E-state index contributed by atoms with van der Waals surface area (Å²) >= 11 is 8.65. The Bertz CT molecular complexity index is 588. The van der Waals surface area contributed by atoms with Crippen molar-refractivity contribution in [1.82, 2.24) is 14.8 Å². The number of aromatic nitrogens is 3. The summed E-state index contributed by atoms with van der Waals surface area (Å²) in [6, 6.07) is 5.96. The predicted molar refractivity (Wildman–Crippen MR) is 65.3 cm³/mol. The van der Waals surface area contributed by atoms with Crippen molar-refractivity contribution in [2.45, 2.75) is 12.7 Å². The van der Waals surface area contributed by atoms with Crippen LogP contribution in [0.25, 0.3) is 0 Å². The first-order valence-corrected chi connectivity index (χ1v) is 6.11. The molecule has 102 valence electrons. The molecule has 2 aromatic rings. The van der Waals surface area contributed by atoms with Crippen LogP contribution in [0.2, 0.25) is 5.02 Å². The van der Waals surface area contributed by atoms with Gasteiger partial charge in [-0.05, 0) is 34.1 Å². The topological polar surface area (TPSA) is 39.9 Å². The van der Waals surface area contributed by atoms with Gasteiger partial charge in [0, 0.05) is 5.02 Å². The lowest BCUT2D eigenvalue weighted by Crippen LogP contribution is -2.19. The average Bonchev–Trinajstić information content (AvgIpc) is 2.56. The molecule has 1 aromatic carbocycles. The second-order valence-corrected chi connectivity index (χ2v) is 4.64. The molecule has 2 rings (SSSR count). The Hall–Kier alpha value is -1.28. The standard InChI is InChI=1S/C10H6BrClF3N3O/c11-8-16-9(18(17-8)5-10(13,14)15)19-7-3-1-2-6(12)4-7/h1-4H,5H2. The minimum absolute atomic E-state index is 0.00813. The lowest BCUT2D eigenvalue weighted by atomic mass is 10.3. The number of rotatable bonds is 3. The van der Waals surface area contributed by atoms with Gasteiger partial charge in [0.15, 0.2) is 0 Å². The summed E-state index contributed by atoms with van der Waals surface area (Å²) in [5.74, 6) is 0.274. The van der Waals surface area contributed by atoms with Gasteiger partial charge in [-0.1, -0.05) is 17.7 Å². The smallest absolute Gasteiger partial charge is 0.408 e. The van der Waals surface area contributed by atoms with E-state index in [0.29, 0.717) is 9.70 Å². The van der Waals surface area contributed by atoms with Crippen molar-refractivity contribution >= 4 is 27.5 Å². The Morgan fingerprint density at radius 2 is 2.11 bits per heavy atom. The summed E-state index contributed by atoms with van der Waals surface area (Å²) in [4.78, 5) is 3.72. The van der Waals surface area contributed by atoms with Crippen LogP contribution in [-0.4, -0.2) is 20.9 Å². The molecule has 0 aliphatic heterocycles. The maximum absolute atomic E-state index is 12.4. The molecule has 0 radical (unpaired) electrons. The number of nitrogens with zero attached hydrogens (tertiary/aromatic N) is 3. The zero-order valence-electron chi connectivity index (χ0n) is 9.16. The Balaban J connectivity index is 2.25. The van der Waals surface area contributed by atoms with Gasteiger partial charge < -0.3 is 4.74 Å². The highest BCUT2D eigenvalue weighted by Crippen LogP contribution is 2.26. The summed E-state index contributed by atoms with van der Waals surface area (Å²) in [7, 11) is 0. The van der Waals surface area contributed by atoms with Gasteiger partial charge in [0.05, 0.1) is 0 Å². The van der Waals surface area contributed by atoms with Crippen LogP contribution >= 0.6 is 27.5 Å². The fraction of sp³-hybridized carbons (Fsp3) is 0.200. The van der Waals surface area contributed by atoms with Crippen LogP contribution in [0.4, 0.5) is 13.2 Å².